The van der Waals surface area contributed by atoms with Crippen LogP contribution in [0.15, 0.2) is 0 Å². The molecule has 2 nitrogen and oxygen atoms in total. The highest BCUT2D eigenvalue weighted by atomic mass is 16.3. The van der Waals surface area contributed by atoms with Crippen molar-refractivity contribution in [3.63, 3.8) is 0 Å². The summed E-state index contributed by atoms with van der Waals surface area (Å²) in [5.41, 5.74) is 5.16. The Kier molecular flexibility index (Phi) is 5.01. The van der Waals surface area contributed by atoms with Gasteiger partial charge in [0.15, 0.2) is 0 Å². The molecule has 0 saturated heterocycles. The summed E-state index contributed by atoms with van der Waals surface area (Å²) in [4.78, 5) is 0. The van der Waals surface area contributed by atoms with Gasteiger partial charge in [-0.15, -0.1) is 0 Å². The van der Waals surface area contributed by atoms with Gasteiger partial charge in [0, 0.05) is 6.54 Å². The van der Waals surface area contributed by atoms with E-state index in [-0.39, 0.29) is 6.10 Å². The van der Waals surface area contributed by atoms with Crippen molar-refractivity contribution in [3.05, 3.63) is 0 Å². The summed E-state index contributed by atoms with van der Waals surface area (Å²) in [5.74, 6) is 0. The van der Waals surface area contributed by atoms with Crippen LogP contribution < -0.4 is 5.73 Å². The van der Waals surface area contributed by atoms with Crippen molar-refractivity contribution in [2.75, 3.05) is 6.54 Å². The van der Waals surface area contributed by atoms with Crippen molar-refractivity contribution in [2.45, 2.75) is 32.3 Å². The predicted molar refractivity (Wildman–Crippen MR) is 34.6 cm³/mol. The average Bonchev–Trinajstić information content (AvgIpc) is 1.83. The second-order valence-corrected chi connectivity index (χ2v) is 2.03. The Bertz CT molecular complexity index is 47.8. The summed E-state index contributed by atoms with van der Waals surface area (Å²) in [5, 5.41) is 8.86. The molecule has 3 N–H and O–H groups in total. The van der Waals surface area contributed by atoms with E-state index in [1.165, 1.54) is 0 Å². The smallest absolute Gasteiger partial charge is 0.0662 e. The lowest BCUT2D eigenvalue weighted by atomic mass is 10.2. The quantitative estimate of drug-likeness (QED) is 0.563. The molecule has 1 atom stereocenters. The third kappa shape index (κ3) is 4.09. The number of rotatable bonds is 4. The van der Waals surface area contributed by atoms with E-state index in [1.807, 2.05) is 0 Å². The van der Waals surface area contributed by atoms with Crippen molar-refractivity contribution in [1.29, 1.82) is 0 Å². The lowest BCUT2D eigenvalue weighted by molar-refractivity contribution is 0.169. The van der Waals surface area contributed by atoms with Crippen LogP contribution in [0.5, 0.6) is 0 Å². The SMILES string of the molecule is CCCC[C@H](O)CN. The highest BCUT2D eigenvalue weighted by Gasteiger charge is 1.96. The molecule has 0 radical (unpaired) electrons. The van der Waals surface area contributed by atoms with Crippen LogP contribution >= 0.6 is 0 Å². The van der Waals surface area contributed by atoms with Crippen molar-refractivity contribution < 1.29 is 5.11 Å². The van der Waals surface area contributed by atoms with Crippen LogP contribution in [-0.2, 0) is 0 Å². The van der Waals surface area contributed by atoms with Gasteiger partial charge in [0.25, 0.3) is 0 Å². The zero-order valence-corrected chi connectivity index (χ0v) is 5.43. The minimum absolute atomic E-state index is 0.269. The Morgan fingerprint density at radius 1 is 1.62 bits per heavy atom. The first-order valence-electron chi connectivity index (χ1n) is 3.19. The number of unbranched alkanes of at least 4 members (excludes halogenated alkanes) is 1. The van der Waals surface area contributed by atoms with Crippen LogP contribution in [0.1, 0.15) is 26.2 Å². The molecule has 0 aliphatic rings. The lowest BCUT2D eigenvalue weighted by Crippen LogP contribution is -2.18. The maximum atomic E-state index is 8.86. The molecule has 0 aromatic heterocycles. The maximum absolute atomic E-state index is 8.86. The van der Waals surface area contributed by atoms with Gasteiger partial charge >= 0.3 is 0 Å². The molecule has 0 spiro atoms. The summed E-state index contributed by atoms with van der Waals surface area (Å²) in [6, 6.07) is 0. The van der Waals surface area contributed by atoms with E-state index in [9.17, 15) is 0 Å². The minimum atomic E-state index is -0.269. The normalized spacial score (nSPS) is 13.9. The van der Waals surface area contributed by atoms with Gasteiger partial charge in [0.2, 0.25) is 0 Å². The van der Waals surface area contributed by atoms with E-state index in [2.05, 4.69) is 6.92 Å². The van der Waals surface area contributed by atoms with E-state index >= 15 is 0 Å². The number of hydrogen-bond acceptors (Lipinski definition) is 2. The van der Waals surface area contributed by atoms with Crippen molar-refractivity contribution in [1.82, 2.24) is 0 Å². The molecular formula is C6H15NO. The standard InChI is InChI=1S/C6H15NO/c1-2-3-4-6(8)5-7/h6,8H,2-5,7H2,1H3/t6-/m0/s1. The van der Waals surface area contributed by atoms with Gasteiger partial charge < -0.3 is 10.8 Å². The van der Waals surface area contributed by atoms with E-state index in [0.717, 1.165) is 19.3 Å². The van der Waals surface area contributed by atoms with Gasteiger partial charge in [-0.25, -0.2) is 0 Å². The highest BCUT2D eigenvalue weighted by Crippen LogP contribution is 1.97. The van der Waals surface area contributed by atoms with Crippen LogP contribution in [0.3, 0.4) is 0 Å². The molecule has 0 heterocycles. The summed E-state index contributed by atoms with van der Waals surface area (Å²) in [7, 11) is 0. The summed E-state index contributed by atoms with van der Waals surface area (Å²) < 4.78 is 0. The minimum Gasteiger partial charge on any atom is -0.392 e. The van der Waals surface area contributed by atoms with E-state index in [1.54, 1.807) is 0 Å². The predicted octanol–water partition coefficient (Wildman–Crippen LogP) is 0.496. The lowest BCUT2D eigenvalue weighted by Gasteiger charge is -2.03. The highest BCUT2D eigenvalue weighted by molar-refractivity contribution is 4.53. The molecule has 8 heavy (non-hydrogen) atoms. The molecule has 0 aliphatic heterocycles. The topological polar surface area (TPSA) is 46.2 Å². The van der Waals surface area contributed by atoms with Crippen LogP contribution in [0, 0.1) is 0 Å². The van der Waals surface area contributed by atoms with Gasteiger partial charge in [0.05, 0.1) is 6.10 Å². The third-order valence-electron chi connectivity index (χ3n) is 1.16. The molecule has 0 aromatic carbocycles. The first-order valence-corrected chi connectivity index (χ1v) is 3.19. The Hall–Kier alpha value is -0.0800. The zero-order chi connectivity index (χ0) is 6.41. The number of nitrogens with two attached hydrogens (primary N) is 1. The molecule has 0 rings (SSSR count). The molecule has 0 aromatic rings. The molecule has 0 saturated carbocycles. The number of aliphatic hydroxyl groups excluding tert-OH is 1. The maximum Gasteiger partial charge on any atom is 0.0662 e. The number of hydrogen-bond donors (Lipinski definition) is 2. The average molecular weight is 117 g/mol. The van der Waals surface area contributed by atoms with Crippen molar-refractivity contribution >= 4 is 0 Å². The molecule has 0 amide bonds. The first kappa shape index (κ1) is 7.92. The van der Waals surface area contributed by atoms with Crippen LogP contribution in [-0.4, -0.2) is 17.8 Å². The van der Waals surface area contributed by atoms with Crippen LogP contribution in [0.25, 0.3) is 0 Å². The second-order valence-electron chi connectivity index (χ2n) is 2.03. The Morgan fingerprint density at radius 2 is 2.25 bits per heavy atom. The fourth-order valence-corrected chi connectivity index (χ4v) is 0.558. The molecule has 0 unspecified atom stereocenters. The Balaban J connectivity index is 2.86. The molecule has 2 heteroatoms. The number of aliphatic hydroxyl groups is 1. The van der Waals surface area contributed by atoms with Gasteiger partial charge in [-0.2, -0.15) is 0 Å². The van der Waals surface area contributed by atoms with Crippen molar-refractivity contribution in [3.8, 4) is 0 Å². The fourth-order valence-electron chi connectivity index (χ4n) is 0.558. The second kappa shape index (κ2) is 5.06. The summed E-state index contributed by atoms with van der Waals surface area (Å²) in [6.45, 7) is 2.50. The largest absolute Gasteiger partial charge is 0.392 e. The van der Waals surface area contributed by atoms with Crippen LogP contribution in [0.2, 0.25) is 0 Å². The molecule has 50 valence electrons. The first-order chi connectivity index (χ1) is 3.81. The monoisotopic (exact) mass is 117 g/mol. The summed E-state index contributed by atoms with van der Waals surface area (Å²) >= 11 is 0. The van der Waals surface area contributed by atoms with Gasteiger partial charge in [-0.1, -0.05) is 19.8 Å². The molecular weight excluding hydrogens is 102 g/mol. The molecule has 0 fully saturated rings. The van der Waals surface area contributed by atoms with Crippen LogP contribution in [0.4, 0.5) is 0 Å². The van der Waals surface area contributed by atoms with Crippen molar-refractivity contribution in [2.24, 2.45) is 5.73 Å². The van der Waals surface area contributed by atoms with Gasteiger partial charge in [-0.05, 0) is 6.42 Å². The van der Waals surface area contributed by atoms with Gasteiger partial charge in [0.1, 0.15) is 0 Å². The summed E-state index contributed by atoms with van der Waals surface area (Å²) in [6.07, 6.45) is 2.80. The molecule has 0 aliphatic carbocycles. The third-order valence-corrected chi connectivity index (χ3v) is 1.16. The molecule has 0 bridgehead atoms. The van der Waals surface area contributed by atoms with E-state index in [0.29, 0.717) is 6.54 Å². The van der Waals surface area contributed by atoms with E-state index < -0.39 is 0 Å². The fraction of sp³-hybridized carbons (Fsp3) is 1.00. The van der Waals surface area contributed by atoms with Gasteiger partial charge in [-0.3, -0.25) is 0 Å². The Morgan fingerprint density at radius 3 is 2.62 bits per heavy atom. The Labute approximate surface area is 50.7 Å². The van der Waals surface area contributed by atoms with E-state index in [4.69, 9.17) is 10.8 Å². The zero-order valence-electron chi connectivity index (χ0n) is 5.43.